The first-order valence-electron chi connectivity index (χ1n) is 10.3. The molecule has 178 valence electrons. The number of aryl methyl sites for hydroxylation is 1. The molecule has 0 fully saturated rings. The number of benzene rings is 1. The number of amides is 1. The Hall–Kier alpha value is -4.56. The first kappa shape index (κ1) is 23.6. The van der Waals surface area contributed by atoms with Crippen molar-refractivity contribution in [3.63, 3.8) is 0 Å². The average molecular weight is 491 g/mol. The van der Waals surface area contributed by atoms with E-state index in [0.29, 0.717) is 44.4 Å². The zero-order valence-electron chi connectivity index (χ0n) is 19.4. The number of methoxy groups -OCH3 is 3. The highest BCUT2D eigenvalue weighted by molar-refractivity contribution is 7.21. The number of carbonyl (C=O) groups excluding carboxylic acids is 1. The molecule has 0 atom stereocenters. The smallest absolute Gasteiger partial charge is 0.269 e. The second kappa shape index (κ2) is 9.36. The number of carbonyl (C=O) groups is 1. The predicted molar refractivity (Wildman–Crippen MR) is 135 cm³/mol. The number of hydrogen-bond donors (Lipinski definition) is 3. The van der Waals surface area contributed by atoms with E-state index in [9.17, 15) is 10.1 Å². The van der Waals surface area contributed by atoms with Gasteiger partial charge in [0, 0.05) is 16.6 Å². The summed E-state index contributed by atoms with van der Waals surface area (Å²) in [4.78, 5) is 22.4. The molecule has 4 aromatic rings. The van der Waals surface area contributed by atoms with Crippen LogP contribution in [0.5, 0.6) is 17.2 Å². The Bertz CT molecular complexity index is 1480. The van der Waals surface area contributed by atoms with E-state index in [2.05, 4.69) is 21.4 Å². The molecule has 35 heavy (non-hydrogen) atoms. The van der Waals surface area contributed by atoms with Crippen molar-refractivity contribution in [1.29, 1.82) is 5.26 Å². The third kappa shape index (κ3) is 4.11. The third-order valence-electron chi connectivity index (χ3n) is 5.31. The minimum absolute atomic E-state index is 0.0114. The van der Waals surface area contributed by atoms with Crippen LogP contribution in [0.2, 0.25) is 0 Å². The number of pyridine rings is 2. The number of fused-ring (bicyclic) bond motifs is 1. The topological polar surface area (TPSA) is 158 Å². The molecule has 0 aliphatic carbocycles. The van der Waals surface area contributed by atoms with Crippen LogP contribution in [0.15, 0.2) is 30.3 Å². The second-order valence-corrected chi connectivity index (χ2v) is 8.42. The van der Waals surface area contributed by atoms with Gasteiger partial charge >= 0.3 is 0 Å². The number of hydrogen-bond acceptors (Lipinski definition) is 10. The van der Waals surface area contributed by atoms with Gasteiger partial charge in [-0.05, 0) is 36.8 Å². The molecular weight excluding hydrogens is 468 g/mol. The molecule has 0 saturated carbocycles. The lowest BCUT2D eigenvalue weighted by atomic mass is 9.96. The van der Waals surface area contributed by atoms with Gasteiger partial charge in [-0.3, -0.25) is 4.79 Å². The summed E-state index contributed by atoms with van der Waals surface area (Å²) < 4.78 is 16.4. The van der Waals surface area contributed by atoms with Gasteiger partial charge in [0.15, 0.2) is 11.5 Å². The largest absolute Gasteiger partial charge is 0.493 e. The number of aromatic nitrogens is 2. The summed E-state index contributed by atoms with van der Waals surface area (Å²) in [6.45, 7) is 1.82. The van der Waals surface area contributed by atoms with Crippen molar-refractivity contribution in [3.05, 3.63) is 46.5 Å². The second-order valence-electron chi connectivity index (χ2n) is 7.42. The first-order valence-corrected chi connectivity index (χ1v) is 11.1. The Morgan fingerprint density at radius 2 is 1.77 bits per heavy atom. The zero-order chi connectivity index (χ0) is 25.3. The van der Waals surface area contributed by atoms with E-state index in [-0.39, 0.29) is 21.9 Å². The number of nitrogens with one attached hydrogen (secondary N) is 1. The van der Waals surface area contributed by atoms with Gasteiger partial charge in [-0.2, -0.15) is 5.26 Å². The van der Waals surface area contributed by atoms with E-state index in [1.165, 1.54) is 21.3 Å². The number of anilines is 3. The van der Waals surface area contributed by atoms with Crippen LogP contribution in [0.4, 0.5) is 17.3 Å². The number of thiophene rings is 1. The first-order chi connectivity index (χ1) is 16.8. The fraction of sp³-hybridized carbons (Fsp3) is 0.167. The number of nitriles is 1. The lowest BCUT2D eigenvalue weighted by molar-refractivity contribution is 0.103. The van der Waals surface area contributed by atoms with E-state index in [0.717, 1.165) is 17.0 Å². The summed E-state index contributed by atoms with van der Waals surface area (Å²) in [5, 5.41) is 13.1. The maximum atomic E-state index is 13.1. The number of nitrogens with two attached hydrogens (primary N) is 2. The fourth-order valence-electron chi connectivity index (χ4n) is 3.75. The SMILES string of the molecule is COc1cc(-c2c(C#N)c(N)nc3sc(C(=O)Nc4cccc(C)n4)c(N)c23)cc(OC)c1OC. The Morgan fingerprint density at radius 1 is 1.09 bits per heavy atom. The summed E-state index contributed by atoms with van der Waals surface area (Å²) in [5.41, 5.74) is 14.6. The number of nitrogens with zero attached hydrogens (tertiary/aromatic N) is 3. The maximum absolute atomic E-state index is 13.1. The van der Waals surface area contributed by atoms with Crippen LogP contribution in [-0.4, -0.2) is 37.2 Å². The highest BCUT2D eigenvalue weighted by atomic mass is 32.1. The van der Waals surface area contributed by atoms with Crippen molar-refractivity contribution in [2.24, 2.45) is 0 Å². The van der Waals surface area contributed by atoms with Gasteiger partial charge in [0.05, 0.1) is 27.0 Å². The predicted octanol–water partition coefficient (Wildman–Crippen LogP) is 3.98. The van der Waals surface area contributed by atoms with Crippen LogP contribution in [0.25, 0.3) is 21.3 Å². The Morgan fingerprint density at radius 3 is 2.34 bits per heavy atom. The number of ether oxygens (including phenoxy) is 3. The zero-order valence-corrected chi connectivity index (χ0v) is 20.2. The molecule has 5 N–H and O–H groups in total. The molecule has 3 aromatic heterocycles. The Kier molecular flexibility index (Phi) is 6.31. The van der Waals surface area contributed by atoms with Gasteiger partial charge in [-0.1, -0.05) is 6.07 Å². The molecule has 3 heterocycles. The van der Waals surface area contributed by atoms with E-state index in [4.69, 9.17) is 25.7 Å². The molecule has 4 rings (SSSR count). The number of nitrogen functional groups attached to an aromatic ring is 2. The van der Waals surface area contributed by atoms with Crippen LogP contribution in [-0.2, 0) is 0 Å². The highest BCUT2D eigenvalue weighted by Crippen LogP contribution is 2.47. The van der Waals surface area contributed by atoms with Gasteiger partial charge in [-0.25, -0.2) is 9.97 Å². The van der Waals surface area contributed by atoms with Crippen molar-refractivity contribution in [2.75, 3.05) is 38.1 Å². The van der Waals surface area contributed by atoms with Crippen molar-refractivity contribution in [3.8, 4) is 34.4 Å². The molecule has 0 radical (unpaired) electrons. The summed E-state index contributed by atoms with van der Waals surface area (Å²) in [5.74, 6) is 1.10. The normalized spacial score (nSPS) is 10.6. The van der Waals surface area contributed by atoms with E-state index < -0.39 is 5.91 Å². The van der Waals surface area contributed by atoms with Gasteiger partial charge in [0.2, 0.25) is 5.75 Å². The molecule has 0 aliphatic heterocycles. The Labute approximate surface area is 205 Å². The highest BCUT2D eigenvalue weighted by Gasteiger charge is 2.26. The summed E-state index contributed by atoms with van der Waals surface area (Å²) >= 11 is 1.07. The van der Waals surface area contributed by atoms with Gasteiger partial charge in [0.1, 0.15) is 33.0 Å². The summed E-state index contributed by atoms with van der Waals surface area (Å²) in [6.07, 6.45) is 0. The van der Waals surface area contributed by atoms with Crippen molar-refractivity contribution in [2.45, 2.75) is 6.92 Å². The molecule has 10 nitrogen and oxygen atoms in total. The molecule has 11 heteroatoms. The lowest BCUT2D eigenvalue weighted by Crippen LogP contribution is -2.13. The minimum Gasteiger partial charge on any atom is -0.493 e. The van der Waals surface area contributed by atoms with Crippen LogP contribution in [0, 0.1) is 18.3 Å². The molecule has 0 unspecified atom stereocenters. The minimum atomic E-state index is -0.448. The van der Waals surface area contributed by atoms with Crippen LogP contribution < -0.4 is 31.0 Å². The maximum Gasteiger partial charge on any atom is 0.269 e. The Balaban J connectivity index is 1.96. The van der Waals surface area contributed by atoms with Crippen LogP contribution in [0.3, 0.4) is 0 Å². The molecule has 1 amide bonds. The molecule has 0 saturated heterocycles. The monoisotopic (exact) mass is 490 g/mol. The average Bonchev–Trinajstić information content (AvgIpc) is 3.17. The summed E-state index contributed by atoms with van der Waals surface area (Å²) in [6, 6.07) is 10.8. The van der Waals surface area contributed by atoms with E-state index in [1.54, 1.807) is 24.3 Å². The number of rotatable bonds is 6. The standard InChI is InChI=1S/C24H22N6O4S/c1-11-6-5-7-16(28-11)29-23(31)21-19(26)18-17(13(10-25)22(27)30-24(18)35-21)12-8-14(32-2)20(34-4)15(9-12)33-3/h5-9H,26H2,1-4H3,(H2,27,30)(H,28,29,31). The van der Waals surface area contributed by atoms with Gasteiger partial charge in [-0.15, -0.1) is 11.3 Å². The van der Waals surface area contributed by atoms with Crippen molar-refractivity contribution >= 4 is 44.8 Å². The molecule has 0 aliphatic rings. The van der Waals surface area contributed by atoms with E-state index in [1.807, 2.05) is 13.0 Å². The summed E-state index contributed by atoms with van der Waals surface area (Å²) in [7, 11) is 4.47. The molecular formula is C24H22N6O4S. The van der Waals surface area contributed by atoms with Crippen LogP contribution in [0.1, 0.15) is 20.9 Å². The van der Waals surface area contributed by atoms with Gasteiger partial charge < -0.3 is 31.0 Å². The van der Waals surface area contributed by atoms with Gasteiger partial charge in [0.25, 0.3) is 5.91 Å². The lowest BCUT2D eigenvalue weighted by Gasteiger charge is -2.16. The van der Waals surface area contributed by atoms with E-state index >= 15 is 0 Å². The molecule has 0 spiro atoms. The fourth-order valence-corrected chi connectivity index (χ4v) is 4.76. The molecule has 0 bridgehead atoms. The van der Waals surface area contributed by atoms with Crippen LogP contribution >= 0.6 is 11.3 Å². The van der Waals surface area contributed by atoms with Crippen molar-refractivity contribution in [1.82, 2.24) is 9.97 Å². The molecule has 1 aromatic carbocycles. The van der Waals surface area contributed by atoms with Crippen molar-refractivity contribution < 1.29 is 19.0 Å². The third-order valence-corrected chi connectivity index (χ3v) is 6.40. The quantitative estimate of drug-likeness (QED) is 0.363.